The number of carbonyl (C=O) groups is 1. The molecule has 21 heavy (non-hydrogen) atoms. The normalized spacial score (nSPS) is 19.7. The van der Waals surface area contributed by atoms with Gasteiger partial charge in [0.05, 0.1) is 0 Å². The Morgan fingerprint density at radius 3 is 2.57 bits per heavy atom. The highest BCUT2D eigenvalue weighted by atomic mass is 16.1. The second-order valence-corrected chi connectivity index (χ2v) is 6.34. The van der Waals surface area contributed by atoms with E-state index in [9.17, 15) is 4.79 Å². The predicted molar refractivity (Wildman–Crippen MR) is 87.3 cm³/mol. The summed E-state index contributed by atoms with van der Waals surface area (Å²) < 4.78 is 0. The van der Waals surface area contributed by atoms with E-state index in [0.717, 1.165) is 29.8 Å². The number of hydrogen-bond donors (Lipinski definition) is 2. The number of nitrogens with two attached hydrogens (primary N) is 1. The number of anilines is 1. The molecule has 0 aliphatic heterocycles. The number of aliphatic imine (C=N–C) groups is 1. The SMILES string of the molecule is CC1=C(Nc2ccccc2)CC(C)(C)CC1=NCC(N)=O. The molecule has 1 aromatic rings. The van der Waals surface area contributed by atoms with Gasteiger partial charge in [0.2, 0.25) is 5.91 Å². The van der Waals surface area contributed by atoms with E-state index < -0.39 is 5.91 Å². The number of para-hydroxylation sites is 1. The molecular formula is C17H23N3O. The molecule has 0 fully saturated rings. The molecular weight excluding hydrogens is 262 g/mol. The molecule has 3 N–H and O–H groups in total. The Labute approximate surface area is 126 Å². The molecule has 0 aromatic heterocycles. The first kappa shape index (κ1) is 15.3. The number of nitrogens with zero attached hydrogens (tertiary/aromatic N) is 1. The second-order valence-electron chi connectivity index (χ2n) is 6.34. The van der Waals surface area contributed by atoms with Gasteiger partial charge in [0.25, 0.3) is 0 Å². The zero-order valence-corrected chi connectivity index (χ0v) is 12.9. The fourth-order valence-electron chi connectivity index (χ4n) is 2.62. The summed E-state index contributed by atoms with van der Waals surface area (Å²) in [6, 6.07) is 10.1. The van der Waals surface area contributed by atoms with Gasteiger partial charge in [0.15, 0.2) is 0 Å². The van der Waals surface area contributed by atoms with Crippen LogP contribution in [0.15, 0.2) is 46.6 Å². The highest BCUT2D eigenvalue weighted by Crippen LogP contribution is 2.37. The van der Waals surface area contributed by atoms with Gasteiger partial charge in [-0.25, -0.2) is 0 Å². The van der Waals surface area contributed by atoms with Crippen LogP contribution in [0.4, 0.5) is 5.69 Å². The van der Waals surface area contributed by atoms with Crippen LogP contribution in [0.3, 0.4) is 0 Å². The number of carbonyl (C=O) groups excluding carboxylic acids is 1. The molecule has 0 radical (unpaired) electrons. The topological polar surface area (TPSA) is 67.5 Å². The Morgan fingerprint density at radius 1 is 1.29 bits per heavy atom. The van der Waals surface area contributed by atoms with Gasteiger partial charge in [-0.1, -0.05) is 32.0 Å². The van der Waals surface area contributed by atoms with E-state index in [1.54, 1.807) is 0 Å². The van der Waals surface area contributed by atoms with Crippen molar-refractivity contribution >= 4 is 17.3 Å². The molecule has 1 aromatic carbocycles. The molecule has 0 heterocycles. The lowest BCUT2D eigenvalue weighted by Crippen LogP contribution is -2.28. The molecule has 2 rings (SSSR count). The van der Waals surface area contributed by atoms with Crippen molar-refractivity contribution in [1.82, 2.24) is 0 Å². The number of hydrogen-bond acceptors (Lipinski definition) is 3. The summed E-state index contributed by atoms with van der Waals surface area (Å²) in [6.45, 7) is 6.54. The lowest BCUT2D eigenvalue weighted by Gasteiger charge is -2.34. The summed E-state index contributed by atoms with van der Waals surface area (Å²) in [6.07, 6.45) is 1.83. The molecule has 1 amide bonds. The zero-order valence-electron chi connectivity index (χ0n) is 12.9. The minimum Gasteiger partial charge on any atom is -0.368 e. The summed E-state index contributed by atoms with van der Waals surface area (Å²) in [5.74, 6) is -0.392. The first-order chi connectivity index (χ1) is 9.87. The Kier molecular flexibility index (Phi) is 4.46. The second kappa shape index (κ2) is 6.12. The molecule has 0 saturated carbocycles. The smallest absolute Gasteiger partial charge is 0.239 e. The predicted octanol–water partition coefficient (Wildman–Crippen LogP) is 3.12. The number of amides is 1. The molecule has 4 nitrogen and oxygen atoms in total. The van der Waals surface area contributed by atoms with E-state index in [4.69, 9.17) is 5.73 Å². The quantitative estimate of drug-likeness (QED) is 0.892. The van der Waals surface area contributed by atoms with Crippen LogP contribution in [-0.2, 0) is 4.79 Å². The molecule has 0 unspecified atom stereocenters. The van der Waals surface area contributed by atoms with Crippen LogP contribution in [0.5, 0.6) is 0 Å². The molecule has 0 spiro atoms. The van der Waals surface area contributed by atoms with Crippen LogP contribution in [0.1, 0.15) is 33.6 Å². The first-order valence-corrected chi connectivity index (χ1v) is 7.21. The third-order valence-corrected chi connectivity index (χ3v) is 3.68. The maximum Gasteiger partial charge on any atom is 0.239 e. The average Bonchev–Trinajstić information content (AvgIpc) is 2.41. The number of benzene rings is 1. The Morgan fingerprint density at radius 2 is 1.95 bits per heavy atom. The molecule has 1 aliphatic carbocycles. The molecule has 4 heteroatoms. The van der Waals surface area contributed by atoms with E-state index in [-0.39, 0.29) is 12.0 Å². The van der Waals surface area contributed by atoms with Gasteiger partial charge in [-0.05, 0) is 42.9 Å². The van der Waals surface area contributed by atoms with E-state index in [2.05, 4.69) is 31.1 Å². The van der Waals surface area contributed by atoms with Crippen LogP contribution in [0.2, 0.25) is 0 Å². The molecule has 0 atom stereocenters. The number of rotatable bonds is 4. The summed E-state index contributed by atoms with van der Waals surface area (Å²) in [7, 11) is 0. The largest absolute Gasteiger partial charge is 0.368 e. The maximum atomic E-state index is 11.0. The fourth-order valence-corrected chi connectivity index (χ4v) is 2.62. The number of primary amides is 1. The van der Waals surface area contributed by atoms with Gasteiger partial charge in [-0.2, -0.15) is 0 Å². The van der Waals surface area contributed by atoms with Crippen molar-refractivity contribution in [3.05, 3.63) is 41.6 Å². The molecule has 112 valence electrons. The van der Waals surface area contributed by atoms with Crippen molar-refractivity contribution in [1.29, 1.82) is 0 Å². The highest BCUT2D eigenvalue weighted by Gasteiger charge is 2.29. The monoisotopic (exact) mass is 285 g/mol. The number of nitrogens with one attached hydrogen (secondary N) is 1. The van der Waals surface area contributed by atoms with E-state index in [1.165, 1.54) is 5.70 Å². The van der Waals surface area contributed by atoms with Crippen LogP contribution in [0.25, 0.3) is 0 Å². The van der Waals surface area contributed by atoms with Gasteiger partial charge in [0.1, 0.15) is 6.54 Å². The Balaban J connectivity index is 2.29. The summed E-state index contributed by atoms with van der Waals surface area (Å²) >= 11 is 0. The average molecular weight is 285 g/mol. The maximum absolute atomic E-state index is 11.0. The van der Waals surface area contributed by atoms with Crippen molar-refractivity contribution in [3.8, 4) is 0 Å². The lowest BCUT2D eigenvalue weighted by atomic mass is 9.75. The van der Waals surface area contributed by atoms with E-state index >= 15 is 0 Å². The zero-order chi connectivity index (χ0) is 15.5. The summed E-state index contributed by atoms with van der Waals surface area (Å²) in [4.78, 5) is 15.4. The van der Waals surface area contributed by atoms with E-state index in [0.29, 0.717) is 0 Å². The van der Waals surface area contributed by atoms with Gasteiger partial charge in [0, 0.05) is 17.1 Å². The van der Waals surface area contributed by atoms with Gasteiger partial charge in [-0.15, -0.1) is 0 Å². The highest BCUT2D eigenvalue weighted by molar-refractivity contribution is 6.02. The van der Waals surface area contributed by atoms with Gasteiger partial charge in [-0.3, -0.25) is 9.79 Å². The number of allylic oxidation sites excluding steroid dienone is 2. The van der Waals surface area contributed by atoms with Crippen LogP contribution < -0.4 is 11.1 Å². The first-order valence-electron chi connectivity index (χ1n) is 7.21. The standard InChI is InChI=1S/C17H23N3O/c1-12-14(19-11-16(18)21)9-17(2,3)10-15(12)20-13-7-5-4-6-8-13/h4-8,20H,9-11H2,1-3H3,(H2,18,21). The van der Waals surface area contributed by atoms with Crippen LogP contribution >= 0.6 is 0 Å². The molecule has 0 saturated heterocycles. The van der Waals surface area contributed by atoms with E-state index in [1.807, 2.05) is 30.3 Å². The Bertz CT molecular complexity index is 585. The minimum absolute atomic E-state index is 0.0569. The van der Waals surface area contributed by atoms with Crippen molar-refractivity contribution < 1.29 is 4.79 Å². The third-order valence-electron chi connectivity index (χ3n) is 3.68. The Hall–Kier alpha value is -2.10. The van der Waals surface area contributed by atoms with Crippen molar-refractivity contribution in [2.75, 3.05) is 11.9 Å². The van der Waals surface area contributed by atoms with Crippen LogP contribution in [0, 0.1) is 5.41 Å². The van der Waals surface area contributed by atoms with Gasteiger partial charge < -0.3 is 11.1 Å². The van der Waals surface area contributed by atoms with Crippen molar-refractivity contribution in [2.45, 2.75) is 33.6 Å². The lowest BCUT2D eigenvalue weighted by molar-refractivity contribution is -0.116. The molecule has 1 aliphatic rings. The summed E-state index contributed by atoms with van der Waals surface area (Å²) in [5, 5.41) is 3.49. The summed E-state index contributed by atoms with van der Waals surface area (Å²) in [5.41, 5.74) is 9.66. The van der Waals surface area contributed by atoms with Crippen molar-refractivity contribution in [3.63, 3.8) is 0 Å². The minimum atomic E-state index is -0.392. The molecule has 0 bridgehead atoms. The van der Waals surface area contributed by atoms with Crippen molar-refractivity contribution in [2.24, 2.45) is 16.1 Å². The third kappa shape index (κ3) is 4.18. The van der Waals surface area contributed by atoms with Gasteiger partial charge >= 0.3 is 0 Å². The fraction of sp³-hybridized carbons (Fsp3) is 0.412. The van der Waals surface area contributed by atoms with Crippen LogP contribution in [-0.4, -0.2) is 18.2 Å².